The molecule has 14 heavy (non-hydrogen) atoms. The molecule has 0 bridgehead atoms. The quantitative estimate of drug-likeness (QED) is 0.606. The molecule has 0 amide bonds. The monoisotopic (exact) mass is 200 g/mol. The molecule has 2 heteroatoms. The van der Waals surface area contributed by atoms with Gasteiger partial charge in [0.05, 0.1) is 0 Å². The van der Waals surface area contributed by atoms with E-state index in [0.29, 0.717) is 18.3 Å². The van der Waals surface area contributed by atoms with Crippen LogP contribution >= 0.6 is 0 Å². The highest BCUT2D eigenvalue weighted by Crippen LogP contribution is 2.23. The van der Waals surface area contributed by atoms with Gasteiger partial charge in [0.25, 0.3) is 0 Å². The fourth-order valence-corrected chi connectivity index (χ4v) is 1.78. The summed E-state index contributed by atoms with van der Waals surface area (Å²) in [4.78, 5) is 10.5. The van der Waals surface area contributed by atoms with E-state index in [1.807, 2.05) is 0 Å². The second-order valence-electron chi connectivity index (χ2n) is 4.43. The van der Waals surface area contributed by atoms with E-state index in [4.69, 9.17) is 5.11 Å². The molecule has 0 aromatic heterocycles. The van der Waals surface area contributed by atoms with E-state index in [1.165, 1.54) is 25.7 Å². The summed E-state index contributed by atoms with van der Waals surface area (Å²) in [6, 6.07) is 0. The van der Waals surface area contributed by atoms with Crippen LogP contribution in [-0.4, -0.2) is 11.1 Å². The van der Waals surface area contributed by atoms with Crippen molar-refractivity contribution in [2.24, 2.45) is 11.8 Å². The maximum absolute atomic E-state index is 10.5. The zero-order valence-electron chi connectivity index (χ0n) is 9.75. The number of carbonyl (C=O) groups is 1. The van der Waals surface area contributed by atoms with Crippen LogP contribution in [0.1, 0.15) is 59.3 Å². The average Bonchev–Trinajstić information content (AvgIpc) is 2.10. The van der Waals surface area contributed by atoms with Crippen LogP contribution in [0.25, 0.3) is 0 Å². The third kappa shape index (κ3) is 6.93. The summed E-state index contributed by atoms with van der Waals surface area (Å²) in [6.07, 6.45) is 6.13. The molecule has 0 saturated carbocycles. The van der Waals surface area contributed by atoms with Crippen LogP contribution < -0.4 is 0 Å². The van der Waals surface area contributed by atoms with Gasteiger partial charge in [-0.05, 0) is 18.3 Å². The molecule has 0 aliphatic rings. The number of rotatable bonds is 8. The van der Waals surface area contributed by atoms with Crippen LogP contribution in [0.15, 0.2) is 0 Å². The molecule has 0 aliphatic carbocycles. The van der Waals surface area contributed by atoms with E-state index in [1.54, 1.807) is 0 Å². The first-order valence-electron chi connectivity index (χ1n) is 5.79. The molecule has 0 spiro atoms. The summed E-state index contributed by atoms with van der Waals surface area (Å²) in [7, 11) is 0. The highest BCUT2D eigenvalue weighted by molar-refractivity contribution is 5.66. The Morgan fingerprint density at radius 2 is 1.86 bits per heavy atom. The van der Waals surface area contributed by atoms with E-state index >= 15 is 0 Å². The predicted octanol–water partition coefficient (Wildman–Crippen LogP) is 3.70. The molecule has 1 N–H and O–H groups in total. The molecule has 0 rings (SSSR count). The average molecular weight is 200 g/mol. The molecule has 0 radical (unpaired) electrons. The Kier molecular flexibility index (Phi) is 7.54. The van der Waals surface area contributed by atoms with Gasteiger partial charge >= 0.3 is 5.97 Å². The number of hydrogen-bond acceptors (Lipinski definition) is 1. The Bertz CT molecular complexity index is 152. The van der Waals surface area contributed by atoms with E-state index in [0.717, 1.165) is 6.42 Å². The number of carboxylic acids is 1. The minimum Gasteiger partial charge on any atom is -0.481 e. The van der Waals surface area contributed by atoms with Gasteiger partial charge < -0.3 is 5.11 Å². The second-order valence-corrected chi connectivity index (χ2v) is 4.43. The Balaban J connectivity index is 3.72. The first kappa shape index (κ1) is 13.5. The molecule has 2 nitrogen and oxygen atoms in total. The van der Waals surface area contributed by atoms with Crippen LogP contribution in [0.4, 0.5) is 0 Å². The van der Waals surface area contributed by atoms with Gasteiger partial charge in [0.2, 0.25) is 0 Å². The van der Waals surface area contributed by atoms with Crippen molar-refractivity contribution in [2.75, 3.05) is 0 Å². The molecule has 1 atom stereocenters. The van der Waals surface area contributed by atoms with E-state index < -0.39 is 5.97 Å². The van der Waals surface area contributed by atoms with Crippen LogP contribution in [0.2, 0.25) is 0 Å². The summed E-state index contributed by atoms with van der Waals surface area (Å²) >= 11 is 0. The minimum absolute atomic E-state index is 0.328. The molecule has 0 saturated heterocycles. The van der Waals surface area contributed by atoms with Gasteiger partial charge in [0.15, 0.2) is 0 Å². The summed E-state index contributed by atoms with van der Waals surface area (Å²) in [5, 5.41) is 8.62. The Morgan fingerprint density at radius 3 is 2.29 bits per heavy atom. The van der Waals surface area contributed by atoms with Crippen LogP contribution in [0.3, 0.4) is 0 Å². The first-order chi connectivity index (χ1) is 6.57. The van der Waals surface area contributed by atoms with Gasteiger partial charge in [-0.2, -0.15) is 0 Å². The van der Waals surface area contributed by atoms with Crippen molar-refractivity contribution in [3.63, 3.8) is 0 Å². The molecule has 0 fully saturated rings. The highest BCUT2D eigenvalue weighted by atomic mass is 16.4. The number of unbranched alkanes of at least 4 members (excludes halogenated alkanes) is 2. The molecule has 0 aromatic carbocycles. The summed E-state index contributed by atoms with van der Waals surface area (Å²) in [6.45, 7) is 6.58. The summed E-state index contributed by atoms with van der Waals surface area (Å²) < 4.78 is 0. The molecule has 1 unspecified atom stereocenters. The van der Waals surface area contributed by atoms with Gasteiger partial charge in [-0.3, -0.25) is 4.79 Å². The lowest BCUT2D eigenvalue weighted by molar-refractivity contribution is -0.137. The number of carboxylic acid groups (broad SMARTS) is 1. The third-order valence-electron chi connectivity index (χ3n) is 2.85. The minimum atomic E-state index is -0.661. The van der Waals surface area contributed by atoms with E-state index in [2.05, 4.69) is 20.8 Å². The van der Waals surface area contributed by atoms with Crippen molar-refractivity contribution in [1.82, 2.24) is 0 Å². The van der Waals surface area contributed by atoms with Crippen molar-refractivity contribution < 1.29 is 9.90 Å². The standard InChI is InChI=1S/C12H24O2/c1-4-5-6-7-11(10(2)3)8-9-12(13)14/h10-11H,4-9H2,1-3H3,(H,13,14). The fourth-order valence-electron chi connectivity index (χ4n) is 1.78. The molecule has 84 valence electrons. The smallest absolute Gasteiger partial charge is 0.303 e. The van der Waals surface area contributed by atoms with E-state index in [-0.39, 0.29) is 0 Å². The molecule has 0 aromatic rings. The Morgan fingerprint density at radius 1 is 1.21 bits per heavy atom. The van der Waals surface area contributed by atoms with E-state index in [9.17, 15) is 4.79 Å². The van der Waals surface area contributed by atoms with Crippen molar-refractivity contribution >= 4 is 5.97 Å². The molecule has 0 heterocycles. The van der Waals surface area contributed by atoms with Gasteiger partial charge in [0, 0.05) is 6.42 Å². The number of aliphatic carboxylic acids is 1. The van der Waals surface area contributed by atoms with Crippen LogP contribution in [-0.2, 0) is 4.79 Å². The SMILES string of the molecule is CCCCCC(CCC(=O)O)C(C)C. The number of hydrogen-bond donors (Lipinski definition) is 1. The lowest BCUT2D eigenvalue weighted by atomic mass is 9.86. The van der Waals surface area contributed by atoms with Crippen molar-refractivity contribution in [2.45, 2.75) is 59.3 Å². The zero-order chi connectivity index (χ0) is 11.0. The normalized spacial score (nSPS) is 13.1. The van der Waals surface area contributed by atoms with Crippen LogP contribution in [0.5, 0.6) is 0 Å². The van der Waals surface area contributed by atoms with Crippen molar-refractivity contribution in [3.8, 4) is 0 Å². The van der Waals surface area contributed by atoms with Crippen LogP contribution in [0, 0.1) is 11.8 Å². The predicted molar refractivity (Wildman–Crippen MR) is 59.3 cm³/mol. The summed E-state index contributed by atoms with van der Waals surface area (Å²) in [5.74, 6) is 0.551. The summed E-state index contributed by atoms with van der Waals surface area (Å²) in [5.41, 5.74) is 0. The van der Waals surface area contributed by atoms with Crippen molar-refractivity contribution in [1.29, 1.82) is 0 Å². The Labute approximate surface area is 87.7 Å². The van der Waals surface area contributed by atoms with Gasteiger partial charge in [-0.25, -0.2) is 0 Å². The van der Waals surface area contributed by atoms with Gasteiger partial charge in [-0.15, -0.1) is 0 Å². The second kappa shape index (κ2) is 7.84. The molecule has 0 aliphatic heterocycles. The Hall–Kier alpha value is -0.530. The zero-order valence-corrected chi connectivity index (χ0v) is 9.75. The molecular weight excluding hydrogens is 176 g/mol. The largest absolute Gasteiger partial charge is 0.481 e. The maximum atomic E-state index is 10.5. The molecular formula is C12H24O2. The van der Waals surface area contributed by atoms with Gasteiger partial charge in [-0.1, -0.05) is 46.5 Å². The lowest BCUT2D eigenvalue weighted by Gasteiger charge is -2.19. The lowest BCUT2D eigenvalue weighted by Crippen LogP contribution is -2.11. The third-order valence-corrected chi connectivity index (χ3v) is 2.85. The fraction of sp³-hybridized carbons (Fsp3) is 0.917. The maximum Gasteiger partial charge on any atom is 0.303 e. The first-order valence-corrected chi connectivity index (χ1v) is 5.79. The van der Waals surface area contributed by atoms with Crippen molar-refractivity contribution in [3.05, 3.63) is 0 Å². The highest BCUT2D eigenvalue weighted by Gasteiger charge is 2.14. The topological polar surface area (TPSA) is 37.3 Å². The van der Waals surface area contributed by atoms with Gasteiger partial charge in [0.1, 0.15) is 0 Å².